The van der Waals surface area contributed by atoms with Crippen molar-refractivity contribution >= 4 is 16.9 Å². The predicted molar refractivity (Wildman–Crippen MR) is 114 cm³/mol. The lowest BCUT2D eigenvalue weighted by Crippen LogP contribution is -2.39. The fraction of sp³-hybridized carbons (Fsp3) is 0.304. The molecule has 0 unspecified atom stereocenters. The van der Waals surface area contributed by atoms with Gasteiger partial charge in [-0.25, -0.2) is 4.79 Å². The fourth-order valence-corrected chi connectivity index (χ4v) is 3.79. The Morgan fingerprint density at radius 1 is 1.03 bits per heavy atom. The highest BCUT2D eigenvalue weighted by atomic mass is 16.5. The molecular weight excluding hydrogens is 384 g/mol. The lowest BCUT2D eigenvalue weighted by molar-refractivity contribution is 0.0364. The molecule has 1 aliphatic rings. The van der Waals surface area contributed by atoms with Gasteiger partial charge >= 0.3 is 5.97 Å². The Bertz CT molecular complexity index is 1110. The highest BCUT2D eigenvalue weighted by Gasteiger charge is 2.17. The fourth-order valence-electron chi connectivity index (χ4n) is 3.79. The van der Waals surface area contributed by atoms with Crippen molar-refractivity contribution in [3.8, 4) is 16.9 Å². The topological polar surface area (TPSA) is 81.0 Å². The van der Waals surface area contributed by atoms with Crippen LogP contribution in [0.4, 0.5) is 0 Å². The van der Waals surface area contributed by atoms with Crippen molar-refractivity contribution in [1.82, 2.24) is 9.47 Å². The Morgan fingerprint density at radius 2 is 1.73 bits per heavy atom. The molecule has 0 aliphatic carbocycles. The van der Waals surface area contributed by atoms with E-state index in [9.17, 15) is 14.7 Å². The number of carboxylic acids is 1. The zero-order valence-electron chi connectivity index (χ0n) is 16.8. The Kier molecular flexibility index (Phi) is 5.83. The maximum absolute atomic E-state index is 12.8. The molecule has 1 aliphatic heterocycles. The van der Waals surface area contributed by atoms with Crippen LogP contribution in [0.15, 0.2) is 53.3 Å². The summed E-state index contributed by atoms with van der Waals surface area (Å²) in [6.45, 7) is 4.08. The van der Waals surface area contributed by atoms with E-state index >= 15 is 0 Å². The molecule has 2 aromatic carbocycles. The first-order chi connectivity index (χ1) is 14.6. The molecule has 1 N–H and O–H groups in total. The average molecular weight is 408 g/mol. The quantitative estimate of drug-likeness (QED) is 0.676. The maximum atomic E-state index is 12.8. The molecule has 1 aromatic heterocycles. The molecule has 0 radical (unpaired) electrons. The number of rotatable bonds is 6. The van der Waals surface area contributed by atoms with Gasteiger partial charge in [-0.3, -0.25) is 9.69 Å². The van der Waals surface area contributed by atoms with Crippen molar-refractivity contribution in [3.05, 3.63) is 64.4 Å². The Labute approximate surface area is 174 Å². The van der Waals surface area contributed by atoms with E-state index in [0.29, 0.717) is 26.3 Å². The Balaban J connectivity index is 1.74. The van der Waals surface area contributed by atoms with Gasteiger partial charge in [-0.15, -0.1) is 0 Å². The van der Waals surface area contributed by atoms with Crippen molar-refractivity contribution in [1.29, 1.82) is 0 Å². The Hall–Kier alpha value is -3.16. The molecule has 156 valence electrons. The van der Waals surface area contributed by atoms with Crippen LogP contribution in [0.3, 0.4) is 0 Å². The summed E-state index contributed by atoms with van der Waals surface area (Å²) < 4.78 is 12.2. The van der Waals surface area contributed by atoms with E-state index < -0.39 is 11.5 Å². The van der Waals surface area contributed by atoms with Crippen LogP contribution in [0.5, 0.6) is 5.75 Å². The van der Waals surface area contributed by atoms with E-state index in [4.69, 9.17) is 9.47 Å². The van der Waals surface area contributed by atoms with Crippen molar-refractivity contribution in [3.63, 3.8) is 0 Å². The number of carboxylic acid groups (broad SMARTS) is 1. The minimum Gasteiger partial charge on any atom is -0.497 e. The minimum absolute atomic E-state index is 0.212. The van der Waals surface area contributed by atoms with Gasteiger partial charge in [0.15, 0.2) is 0 Å². The van der Waals surface area contributed by atoms with Crippen LogP contribution in [0.2, 0.25) is 0 Å². The third-order valence-corrected chi connectivity index (χ3v) is 5.49. The number of benzene rings is 2. The largest absolute Gasteiger partial charge is 0.497 e. The highest BCUT2D eigenvalue weighted by Crippen LogP contribution is 2.26. The van der Waals surface area contributed by atoms with Crippen LogP contribution in [0.1, 0.15) is 10.4 Å². The van der Waals surface area contributed by atoms with E-state index in [2.05, 4.69) is 4.90 Å². The van der Waals surface area contributed by atoms with Crippen molar-refractivity contribution in [2.24, 2.45) is 0 Å². The first-order valence-corrected chi connectivity index (χ1v) is 9.92. The summed E-state index contributed by atoms with van der Waals surface area (Å²) in [6, 6.07) is 14.9. The third-order valence-electron chi connectivity index (χ3n) is 5.49. The molecule has 0 atom stereocenters. The molecular formula is C23H24N2O5. The van der Waals surface area contributed by atoms with Gasteiger partial charge < -0.3 is 19.1 Å². The van der Waals surface area contributed by atoms with Crippen LogP contribution < -0.4 is 10.3 Å². The van der Waals surface area contributed by atoms with Gasteiger partial charge in [-0.2, -0.15) is 0 Å². The SMILES string of the molecule is COc1ccc(-c2ccc3c(c2)cc(C(=O)O)c(=O)n3CCN2CCOCC2)cc1. The number of methoxy groups -OCH3 is 1. The molecule has 7 nitrogen and oxygen atoms in total. The second kappa shape index (κ2) is 8.69. The van der Waals surface area contributed by atoms with Crippen molar-refractivity contribution < 1.29 is 19.4 Å². The normalized spacial score (nSPS) is 14.7. The zero-order valence-corrected chi connectivity index (χ0v) is 16.8. The maximum Gasteiger partial charge on any atom is 0.341 e. The van der Waals surface area contributed by atoms with E-state index in [1.807, 2.05) is 42.5 Å². The second-order valence-electron chi connectivity index (χ2n) is 7.28. The van der Waals surface area contributed by atoms with Gasteiger partial charge in [0.2, 0.25) is 0 Å². The van der Waals surface area contributed by atoms with Gasteiger partial charge in [0.25, 0.3) is 5.56 Å². The molecule has 0 bridgehead atoms. The number of fused-ring (bicyclic) bond motifs is 1. The van der Waals surface area contributed by atoms with E-state index in [1.165, 1.54) is 6.07 Å². The van der Waals surface area contributed by atoms with Gasteiger partial charge in [-0.1, -0.05) is 18.2 Å². The monoisotopic (exact) mass is 408 g/mol. The van der Waals surface area contributed by atoms with Crippen LogP contribution in [-0.2, 0) is 11.3 Å². The summed E-state index contributed by atoms with van der Waals surface area (Å²) in [7, 11) is 1.62. The van der Waals surface area contributed by atoms with Crippen LogP contribution in [0, 0.1) is 0 Å². The van der Waals surface area contributed by atoms with E-state index in [0.717, 1.165) is 40.9 Å². The van der Waals surface area contributed by atoms with Gasteiger partial charge in [0.05, 0.1) is 25.8 Å². The summed E-state index contributed by atoms with van der Waals surface area (Å²) in [5.74, 6) is -0.443. The molecule has 3 aromatic rings. The van der Waals surface area contributed by atoms with Gasteiger partial charge in [-0.05, 0) is 46.8 Å². The molecule has 2 heterocycles. The molecule has 4 rings (SSSR count). The molecule has 1 fully saturated rings. The van der Waals surface area contributed by atoms with Crippen LogP contribution >= 0.6 is 0 Å². The summed E-state index contributed by atoms with van der Waals surface area (Å²) in [6.07, 6.45) is 0. The summed E-state index contributed by atoms with van der Waals surface area (Å²) in [4.78, 5) is 26.8. The smallest absolute Gasteiger partial charge is 0.341 e. The predicted octanol–water partition coefficient (Wildman–Crippen LogP) is 2.71. The van der Waals surface area contributed by atoms with E-state index in [-0.39, 0.29) is 5.56 Å². The second-order valence-corrected chi connectivity index (χ2v) is 7.28. The van der Waals surface area contributed by atoms with Gasteiger partial charge in [0, 0.05) is 26.2 Å². The number of aromatic nitrogens is 1. The highest BCUT2D eigenvalue weighted by molar-refractivity contribution is 5.94. The Morgan fingerprint density at radius 3 is 2.40 bits per heavy atom. The number of pyridine rings is 1. The number of hydrogen-bond donors (Lipinski definition) is 1. The summed E-state index contributed by atoms with van der Waals surface area (Å²) >= 11 is 0. The lowest BCUT2D eigenvalue weighted by atomic mass is 10.0. The molecule has 0 saturated carbocycles. The molecule has 7 heteroatoms. The standard InChI is InChI=1S/C23H24N2O5/c1-29-19-5-2-16(3-6-19)17-4-7-21-18(14-17)15-20(23(27)28)22(26)25(21)9-8-24-10-12-30-13-11-24/h2-7,14-15H,8-13H2,1H3,(H,27,28). The number of carbonyl (C=O) groups is 1. The summed E-state index contributed by atoms with van der Waals surface area (Å²) in [5, 5.41) is 10.3. The molecule has 0 amide bonds. The minimum atomic E-state index is -1.21. The van der Waals surface area contributed by atoms with Gasteiger partial charge in [0.1, 0.15) is 11.3 Å². The number of aromatic carboxylic acids is 1. The average Bonchev–Trinajstić information content (AvgIpc) is 2.78. The molecule has 0 spiro atoms. The number of morpholine rings is 1. The third kappa shape index (κ3) is 4.08. The van der Waals surface area contributed by atoms with Crippen LogP contribution in [-0.4, -0.2) is 60.5 Å². The first-order valence-electron chi connectivity index (χ1n) is 9.92. The number of hydrogen-bond acceptors (Lipinski definition) is 5. The number of ether oxygens (including phenoxy) is 2. The van der Waals surface area contributed by atoms with Crippen molar-refractivity contribution in [2.45, 2.75) is 6.54 Å². The summed E-state index contributed by atoms with van der Waals surface area (Å²) in [5.41, 5.74) is 1.98. The van der Waals surface area contributed by atoms with Crippen LogP contribution in [0.25, 0.3) is 22.0 Å². The first kappa shape index (κ1) is 20.1. The van der Waals surface area contributed by atoms with Crippen molar-refractivity contribution in [2.75, 3.05) is 40.0 Å². The molecule has 30 heavy (non-hydrogen) atoms. The zero-order chi connectivity index (χ0) is 21.1. The molecule has 1 saturated heterocycles. The number of nitrogens with zero attached hydrogens (tertiary/aromatic N) is 2. The van der Waals surface area contributed by atoms with E-state index in [1.54, 1.807) is 11.7 Å². The lowest BCUT2D eigenvalue weighted by Gasteiger charge is -2.27.